The fourth-order valence-corrected chi connectivity index (χ4v) is 2.61. The van der Waals surface area contributed by atoms with E-state index in [1.165, 1.54) is 0 Å². The fraction of sp³-hybridized carbons (Fsp3) is 0.214. The molecule has 2 aromatic rings. The third kappa shape index (κ3) is 3.56. The Bertz CT molecular complexity index is 575. The highest BCUT2D eigenvalue weighted by atomic mass is 32.1. The molecule has 0 aliphatic heterocycles. The fourth-order valence-electron chi connectivity index (χ4n) is 1.74. The van der Waals surface area contributed by atoms with Crippen LogP contribution in [-0.4, -0.2) is 6.03 Å². The monoisotopic (exact) mass is 275 g/mol. The van der Waals surface area contributed by atoms with Crippen LogP contribution in [-0.2, 0) is 6.54 Å². The van der Waals surface area contributed by atoms with Crippen LogP contribution >= 0.6 is 11.3 Å². The van der Waals surface area contributed by atoms with Gasteiger partial charge in [-0.15, -0.1) is 11.3 Å². The van der Waals surface area contributed by atoms with E-state index in [1.54, 1.807) is 11.3 Å². The number of nitrogens with one attached hydrogen (secondary N) is 2. The van der Waals surface area contributed by atoms with Crippen LogP contribution in [0.3, 0.4) is 0 Å². The summed E-state index contributed by atoms with van der Waals surface area (Å²) in [6.45, 7) is 4.43. The number of thiophene rings is 1. The molecule has 0 fully saturated rings. The lowest BCUT2D eigenvalue weighted by Gasteiger charge is -2.08. The highest BCUT2D eigenvalue weighted by molar-refractivity contribution is 7.12. The summed E-state index contributed by atoms with van der Waals surface area (Å²) in [5.41, 5.74) is 8.36. The lowest BCUT2D eigenvalue weighted by Crippen LogP contribution is -2.20. The highest BCUT2D eigenvalue weighted by Crippen LogP contribution is 2.26. The molecule has 0 saturated heterocycles. The van der Waals surface area contributed by atoms with E-state index in [4.69, 9.17) is 5.73 Å². The number of hydrogen-bond acceptors (Lipinski definition) is 3. The third-order valence-corrected chi connectivity index (χ3v) is 3.75. The van der Waals surface area contributed by atoms with Crippen molar-refractivity contribution < 1.29 is 4.79 Å². The second kappa shape index (κ2) is 5.86. The minimum Gasteiger partial charge on any atom is -0.326 e. The topological polar surface area (TPSA) is 67.2 Å². The number of aryl methyl sites for hydroxylation is 2. The van der Waals surface area contributed by atoms with Gasteiger partial charge in [-0.2, -0.15) is 0 Å². The van der Waals surface area contributed by atoms with Gasteiger partial charge in [0.2, 0.25) is 0 Å². The summed E-state index contributed by atoms with van der Waals surface area (Å²) in [5, 5.41) is 5.62. The van der Waals surface area contributed by atoms with Gasteiger partial charge in [-0.3, -0.25) is 0 Å². The molecule has 0 atom stereocenters. The molecule has 0 aliphatic rings. The van der Waals surface area contributed by atoms with E-state index in [9.17, 15) is 4.79 Å². The molecule has 19 heavy (non-hydrogen) atoms. The zero-order valence-corrected chi connectivity index (χ0v) is 11.8. The van der Waals surface area contributed by atoms with E-state index in [0.717, 1.165) is 26.7 Å². The molecule has 4 nitrogen and oxygen atoms in total. The summed E-state index contributed by atoms with van der Waals surface area (Å²) in [6, 6.07) is 9.33. The predicted octanol–water partition coefficient (Wildman–Crippen LogP) is 3.47. The van der Waals surface area contributed by atoms with Crippen molar-refractivity contribution in [3.63, 3.8) is 0 Å². The maximum atomic E-state index is 11.9. The Morgan fingerprint density at radius 1 is 1.21 bits per heavy atom. The van der Waals surface area contributed by atoms with E-state index >= 15 is 0 Å². The van der Waals surface area contributed by atoms with Gasteiger partial charge in [-0.1, -0.05) is 17.7 Å². The third-order valence-electron chi connectivity index (χ3n) is 2.68. The molecule has 1 aromatic heterocycles. The molecule has 2 amide bonds. The van der Waals surface area contributed by atoms with E-state index < -0.39 is 0 Å². The molecule has 1 aromatic carbocycles. The van der Waals surface area contributed by atoms with Gasteiger partial charge in [0.15, 0.2) is 0 Å². The van der Waals surface area contributed by atoms with Crippen molar-refractivity contribution in [3.8, 4) is 0 Å². The predicted molar refractivity (Wildman–Crippen MR) is 80.8 cm³/mol. The van der Waals surface area contributed by atoms with Gasteiger partial charge in [0, 0.05) is 22.0 Å². The van der Waals surface area contributed by atoms with E-state index in [0.29, 0.717) is 6.54 Å². The number of hydrogen-bond donors (Lipinski definition) is 3. The van der Waals surface area contributed by atoms with E-state index in [1.807, 2.05) is 44.2 Å². The number of carbonyl (C=O) groups excluding carboxylic acids is 1. The van der Waals surface area contributed by atoms with E-state index in [2.05, 4.69) is 10.6 Å². The van der Waals surface area contributed by atoms with Gasteiger partial charge in [0.05, 0.1) is 5.69 Å². The Labute approximate surface area is 116 Å². The Morgan fingerprint density at radius 2 is 1.89 bits per heavy atom. The van der Waals surface area contributed by atoms with Crippen molar-refractivity contribution in [3.05, 3.63) is 45.6 Å². The van der Waals surface area contributed by atoms with Crippen LogP contribution < -0.4 is 16.4 Å². The second-order valence-electron chi connectivity index (χ2n) is 4.34. The van der Waals surface area contributed by atoms with Crippen molar-refractivity contribution in [2.45, 2.75) is 20.4 Å². The average molecular weight is 275 g/mol. The number of rotatable bonds is 3. The number of amides is 2. The van der Waals surface area contributed by atoms with Crippen LogP contribution in [0.25, 0.3) is 0 Å². The van der Waals surface area contributed by atoms with Crippen LogP contribution in [0.5, 0.6) is 0 Å². The van der Waals surface area contributed by atoms with Crippen molar-refractivity contribution >= 4 is 28.7 Å². The van der Waals surface area contributed by atoms with Gasteiger partial charge in [-0.05, 0) is 32.0 Å². The van der Waals surface area contributed by atoms with Crippen LogP contribution in [0.2, 0.25) is 0 Å². The lowest BCUT2D eigenvalue weighted by atomic mass is 10.2. The number of anilines is 2. The molecule has 0 spiro atoms. The Balaban J connectivity index is 2.03. The first-order valence-corrected chi connectivity index (χ1v) is 6.84. The maximum Gasteiger partial charge on any atom is 0.323 e. The number of urea groups is 1. The molecule has 0 bridgehead atoms. The van der Waals surface area contributed by atoms with Crippen molar-refractivity contribution in [1.29, 1.82) is 0 Å². The number of benzene rings is 1. The van der Waals surface area contributed by atoms with Crippen LogP contribution in [0.4, 0.5) is 16.2 Å². The normalized spacial score (nSPS) is 10.3. The van der Waals surface area contributed by atoms with E-state index in [-0.39, 0.29) is 6.03 Å². The number of nitrogens with two attached hydrogens (primary N) is 1. The summed E-state index contributed by atoms with van der Waals surface area (Å²) in [4.78, 5) is 14.0. The first-order valence-electron chi connectivity index (χ1n) is 6.02. The molecule has 5 heteroatoms. The molecule has 100 valence electrons. The van der Waals surface area contributed by atoms with Gasteiger partial charge in [0.25, 0.3) is 0 Å². The molecular formula is C14H17N3OS. The Kier molecular flexibility index (Phi) is 4.19. The lowest BCUT2D eigenvalue weighted by molar-refractivity contribution is 0.262. The SMILES string of the molecule is Cc1ccc(NC(=O)Nc2cc(C)sc2CN)cc1. The molecule has 2 rings (SSSR count). The summed E-state index contributed by atoms with van der Waals surface area (Å²) >= 11 is 1.60. The second-order valence-corrected chi connectivity index (χ2v) is 5.68. The minimum absolute atomic E-state index is 0.253. The first kappa shape index (κ1) is 13.6. The van der Waals surface area contributed by atoms with Crippen molar-refractivity contribution in [1.82, 2.24) is 0 Å². The average Bonchev–Trinajstić information content (AvgIpc) is 2.72. The zero-order chi connectivity index (χ0) is 13.8. The van der Waals surface area contributed by atoms with Crippen LogP contribution in [0.1, 0.15) is 15.3 Å². The molecule has 0 unspecified atom stereocenters. The largest absolute Gasteiger partial charge is 0.326 e. The molecular weight excluding hydrogens is 258 g/mol. The van der Waals surface area contributed by atoms with Gasteiger partial charge < -0.3 is 16.4 Å². The van der Waals surface area contributed by atoms with Gasteiger partial charge in [0.1, 0.15) is 0 Å². The summed E-state index contributed by atoms with van der Waals surface area (Å²) in [6.07, 6.45) is 0. The Morgan fingerprint density at radius 3 is 2.53 bits per heavy atom. The minimum atomic E-state index is -0.253. The van der Waals surface area contributed by atoms with Gasteiger partial charge in [-0.25, -0.2) is 4.79 Å². The highest BCUT2D eigenvalue weighted by Gasteiger charge is 2.09. The smallest absolute Gasteiger partial charge is 0.323 e. The maximum absolute atomic E-state index is 11.9. The number of carbonyl (C=O) groups is 1. The first-order chi connectivity index (χ1) is 9.08. The Hall–Kier alpha value is -1.85. The quantitative estimate of drug-likeness (QED) is 0.803. The van der Waals surface area contributed by atoms with Crippen molar-refractivity contribution in [2.75, 3.05) is 10.6 Å². The summed E-state index contributed by atoms with van der Waals surface area (Å²) in [7, 11) is 0. The standard InChI is InChI=1S/C14H17N3OS/c1-9-3-5-11(6-4-9)16-14(18)17-12-7-10(2)19-13(12)8-15/h3-7H,8,15H2,1-2H3,(H2,16,17,18). The zero-order valence-electron chi connectivity index (χ0n) is 11.0. The summed E-state index contributed by atoms with van der Waals surface area (Å²) in [5.74, 6) is 0. The molecule has 0 aliphatic carbocycles. The molecule has 1 heterocycles. The van der Waals surface area contributed by atoms with Crippen molar-refractivity contribution in [2.24, 2.45) is 5.73 Å². The molecule has 0 saturated carbocycles. The molecule has 0 radical (unpaired) electrons. The summed E-state index contributed by atoms with van der Waals surface area (Å²) < 4.78 is 0. The van der Waals surface area contributed by atoms with Crippen LogP contribution in [0.15, 0.2) is 30.3 Å². The van der Waals surface area contributed by atoms with Crippen LogP contribution in [0, 0.1) is 13.8 Å². The molecule has 4 N–H and O–H groups in total. The van der Waals surface area contributed by atoms with Gasteiger partial charge >= 0.3 is 6.03 Å².